The Bertz CT molecular complexity index is 98.6. The molecule has 0 spiro atoms. The molecule has 0 aromatic heterocycles. The normalized spacial score (nSPS) is 8.25. The van der Waals surface area contributed by atoms with E-state index in [1.165, 1.54) is 5.01 Å². The summed E-state index contributed by atoms with van der Waals surface area (Å²) in [5.74, 6) is 0. The van der Waals surface area contributed by atoms with Crippen LogP contribution in [0.15, 0.2) is 12.7 Å². The zero-order chi connectivity index (χ0) is 6.57. The Morgan fingerprint density at radius 2 is 2.25 bits per heavy atom. The number of nitrogens with zero attached hydrogens (tertiary/aromatic N) is 2. The maximum Gasteiger partial charge on any atom is 0.243 e. The molecule has 0 aliphatic heterocycles. The zero-order valence-corrected chi connectivity index (χ0v) is 5.29. The molecule has 0 fully saturated rings. The molecule has 0 amide bonds. The second-order valence-electron chi connectivity index (χ2n) is 1.67. The van der Waals surface area contributed by atoms with Gasteiger partial charge in [-0.1, -0.05) is 6.58 Å². The third-order valence-corrected chi connectivity index (χ3v) is 0.731. The molecular formula is C5H11N2O+. The van der Waals surface area contributed by atoms with Crippen molar-refractivity contribution >= 4 is 0 Å². The quantitative estimate of drug-likeness (QED) is 0.302. The third-order valence-electron chi connectivity index (χ3n) is 0.731. The van der Waals surface area contributed by atoms with Gasteiger partial charge >= 0.3 is 0 Å². The van der Waals surface area contributed by atoms with Gasteiger partial charge in [-0.2, -0.15) is 0 Å². The Labute approximate surface area is 49.1 Å². The Balaban J connectivity index is 3.48. The molecular weight excluding hydrogens is 104 g/mol. The third kappa shape index (κ3) is 2.34. The van der Waals surface area contributed by atoms with Crippen LogP contribution in [0.1, 0.15) is 0 Å². The first-order valence-electron chi connectivity index (χ1n) is 2.41. The summed E-state index contributed by atoms with van der Waals surface area (Å²) >= 11 is 0. The Kier molecular flexibility index (Phi) is 2.84. The van der Waals surface area contributed by atoms with Crippen LogP contribution in [0.25, 0.3) is 0 Å². The van der Waals surface area contributed by atoms with Crippen LogP contribution in [0.3, 0.4) is 0 Å². The average molecular weight is 115 g/mol. The van der Waals surface area contributed by atoms with Gasteiger partial charge < -0.3 is 0 Å². The van der Waals surface area contributed by atoms with Crippen molar-refractivity contribution in [3.8, 4) is 0 Å². The average Bonchev–Trinajstić information content (AvgIpc) is 1.67. The van der Waals surface area contributed by atoms with Gasteiger partial charge in [0.25, 0.3) is 0 Å². The molecule has 46 valence electrons. The highest BCUT2D eigenvalue weighted by Crippen LogP contribution is 1.76. The Morgan fingerprint density at radius 3 is 2.38 bits per heavy atom. The van der Waals surface area contributed by atoms with E-state index in [0.29, 0.717) is 6.54 Å². The van der Waals surface area contributed by atoms with Crippen molar-refractivity contribution in [1.82, 2.24) is 5.01 Å². The van der Waals surface area contributed by atoms with Crippen molar-refractivity contribution in [1.29, 1.82) is 0 Å². The lowest BCUT2D eigenvalue weighted by molar-refractivity contribution is -0.688. The van der Waals surface area contributed by atoms with Gasteiger partial charge in [-0.25, -0.2) is 0 Å². The van der Waals surface area contributed by atoms with Gasteiger partial charge in [0.1, 0.15) is 4.87 Å². The highest BCUT2D eigenvalue weighted by molar-refractivity contribution is 4.61. The van der Waals surface area contributed by atoms with Crippen LogP contribution in [0.5, 0.6) is 0 Å². The fourth-order valence-corrected chi connectivity index (χ4v) is 0.274. The zero-order valence-electron chi connectivity index (χ0n) is 5.29. The lowest BCUT2D eigenvalue weighted by Crippen LogP contribution is -2.24. The molecule has 0 aliphatic rings. The van der Waals surface area contributed by atoms with Crippen LogP contribution >= 0.6 is 0 Å². The van der Waals surface area contributed by atoms with Gasteiger partial charge in [-0.15, -0.1) is 5.01 Å². The SMILES string of the molecule is C=CC[N+](=O)N(C)C. The number of nitroso groups, excluding NO2 is 1. The van der Waals surface area contributed by atoms with E-state index in [9.17, 15) is 4.91 Å². The molecule has 0 saturated heterocycles. The first-order chi connectivity index (χ1) is 3.68. The Hall–Kier alpha value is -0.860. The minimum absolute atomic E-state index is 0.354. The molecule has 0 atom stereocenters. The molecule has 0 N–H and O–H groups in total. The van der Waals surface area contributed by atoms with Gasteiger partial charge in [0.15, 0.2) is 0 Å². The summed E-state index contributed by atoms with van der Waals surface area (Å²) in [7, 11) is 3.38. The second kappa shape index (κ2) is 3.18. The van der Waals surface area contributed by atoms with E-state index in [1.807, 2.05) is 0 Å². The lowest BCUT2D eigenvalue weighted by atomic mass is 10.6. The molecule has 3 heteroatoms. The smallest absolute Gasteiger partial charge is 0.147 e. The molecule has 0 unspecified atom stereocenters. The number of hydrogen-bond donors (Lipinski definition) is 0. The molecule has 0 radical (unpaired) electrons. The van der Waals surface area contributed by atoms with Crippen LogP contribution < -0.4 is 0 Å². The number of hydrogen-bond acceptors (Lipinski definition) is 1. The molecule has 0 saturated carbocycles. The van der Waals surface area contributed by atoms with Crippen LogP contribution in [-0.4, -0.2) is 30.5 Å². The highest BCUT2D eigenvalue weighted by Gasteiger charge is 2.04. The molecule has 0 aromatic carbocycles. The summed E-state index contributed by atoms with van der Waals surface area (Å²) in [5, 5.41) is 1.46. The van der Waals surface area contributed by atoms with Crippen molar-refractivity contribution in [2.75, 3.05) is 20.6 Å². The van der Waals surface area contributed by atoms with E-state index in [2.05, 4.69) is 6.58 Å². The summed E-state index contributed by atoms with van der Waals surface area (Å²) in [6.07, 6.45) is 1.56. The molecule has 0 aromatic rings. The molecule has 0 aliphatic carbocycles. The van der Waals surface area contributed by atoms with E-state index < -0.39 is 0 Å². The monoisotopic (exact) mass is 115 g/mol. The maximum absolute atomic E-state index is 10.5. The summed E-state index contributed by atoms with van der Waals surface area (Å²) in [6, 6.07) is 0. The first kappa shape index (κ1) is 7.14. The van der Waals surface area contributed by atoms with E-state index in [0.717, 1.165) is 4.87 Å². The molecule has 3 nitrogen and oxygen atoms in total. The van der Waals surface area contributed by atoms with E-state index in [-0.39, 0.29) is 0 Å². The van der Waals surface area contributed by atoms with E-state index in [1.54, 1.807) is 20.2 Å². The number of hydrazine groups is 1. The highest BCUT2D eigenvalue weighted by atomic mass is 16.3. The molecule has 8 heavy (non-hydrogen) atoms. The second-order valence-corrected chi connectivity index (χ2v) is 1.67. The van der Waals surface area contributed by atoms with Crippen LogP contribution in [0.4, 0.5) is 0 Å². The van der Waals surface area contributed by atoms with Crippen molar-refractivity contribution in [3.05, 3.63) is 17.6 Å². The van der Waals surface area contributed by atoms with Gasteiger partial charge in [0.2, 0.25) is 6.54 Å². The summed E-state index contributed by atoms with van der Waals surface area (Å²) in [5.41, 5.74) is 0. The summed E-state index contributed by atoms with van der Waals surface area (Å²) in [6.45, 7) is 3.77. The predicted molar refractivity (Wildman–Crippen MR) is 32.4 cm³/mol. The van der Waals surface area contributed by atoms with Crippen LogP contribution in [0.2, 0.25) is 0 Å². The molecule has 0 bridgehead atoms. The van der Waals surface area contributed by atoms with Crippen molar-refractivity contribution in [2.45, 2.75) is 0 Å². The fraction of sp³-hybridized carbons (Fsp3) is 0.600. The predicted octanol–water partition coefficient (Wildman–Crippen LogP) is 0.428. The summed E-state index contributed by atoms with van der Waals surface area (Å²) < 4.78 is 0. The molecule has 0 heterocycles. The van der Waals surface area contributed by atoms with Crippen LogP contribution in [-0.2, 0) is 0 Å². The van der Waals surface area contributed by atoms with Gasteiger partial charge in [0, 0.05) is 0 Å². The van der Waals surface area contributed by atoms with Crippen molar-refractivity contribution in [2.24, 2.45) is 0 Å². The van der Waals surface area contributed by atoms with Gasteiger partial charge in [0.05, 0.1) is 19.0 Å². The van der Waals surface area contributed by atoms with Gasteiger partial charge in [-0.3, -0.25) is 0 Å². The fourth-order valence-electron chi connectivity index (χ4n) is 0.274. The minimum Gasteiger partial charge on any atom is -0.147 e. The van der Waals surface area contributed by atoms with E-state index >= 15 is 0 Å². The number of rotatable bonds is 3. The topological polar surface area (TPSA) is 23.3 Å². The van der Waals surface area contributed by atoms with E-state index in [4.69, 9.17) is 0 Å². The van der Waals surface area contributed by atoms with Crippen molar-refractivity contribution in [3.63, 3.8) is 0 Å². The van der Waals surface area contributed by atoms with Crippen molar-refractivity contribution < 1.29 is 4.87 Å². The minimum atomic E-state index is 0.354. The Morgan fingerprint density at radius 1 is 1.75 bits per heavy atom. The standard InChI is InChI=1S/C5H11N2O/c1-4-5-7(8)6(2)3/h4H,1,5H2,2-3H3/q+1. The largest absolute Gasteiger partial charge is 0.243 e. The summed E-state index contributed by atoms with van der Waals surface area (Å²) in [4.78, 5) is 11.3. The lowest BCUT2D eigenvalue weighted by Gasteiger charge is -1.96. The van der Waals surface area contributed by atoms with Gasteiger partial charge in [-0.05, 0) is 6.08 Å². The van der Waals surface area contributed by atoms with Crippen LogP contribution in [0, 0.1) is 4.91 Å². The first-order valence-corrected chi connectivity index (χ1v) is 2.41. The molecule has 0 rings (SSSR count). The maximum atomic E-state index is 10.5.